The van der Waals surface area contributed by atoms with Gasteiger partial charge < -0.3 is 15.1 Å². The molecule has 1 N–H and O–H groups in total. The molecule has 23 heavy (non-hydrogen) atoms. The highest BCUT2D eigenvalue weighted by Gasteiger charge is 2.35. The van der Waals surface area contributed by atoms with Gasteiger partial charge in [-0.25, -0.2) is 0 Å². The summed E-state index contributed by atoms with van der Waals surface area (Å²) in [5.74, 6) is 3.77. The highest BCUT2D eigenvalue weighted by molar-refractivity contribution is 5.80. The normalized spacial score (nSPS) is 33.1. The van der Waals surface area contributed by atoms with Crippen molar-refractivity contribution in [3.8, 4) is 0 Å². The van der Waals surface area contributed by atoms with Gasteiger partial charge in [-0.1, -0.05) is 12.8 Å². The molecule has 2 aliphatic heterocycles. The van der Waals surface area contributed by atoms with E-state index in [2.05, 4.69) is 34.0 Å². The van der Waals surface area contributed by atoms with E-state index in [-0.39, 0.29) is 0 Å². The SMILES string of the molecule is CN=C(NCC1CCCN(C(C)C)C1)N1CC2CCCCC2C1. The quantitative estimate of drug-likeness (QED) is 0.641. The number of piperidine rings is 1. The van der Waals surface area contributed by atoms with Crippen LogP contribution in [0.5, 0.6) is 0 Å². The third-order valence-corrected chi connectivity index (χ3v) is 6.32. The molecule has 0 bridgehead atoms. The van der Waals surface area contributed by atoms with Gasteiger partial charge in [0.15, 0.2) is 5.96 Å². The van der Waals surface area contributed by atoms with Gasteiger partial charge in [0.05, 0.1) is 0 Å². The minimum Gasteiger partial charge on any atom is -0.356 e. The molecule has 1 aliphatic carbocycles. The first-order valence-electron chi connectivity index (χ1n) is 9.87. The van der Waals surface area contributed by atoms with Crippen molar-refractivity contribution >= 4 is 5.96 Å². The highest BCUT2D eigenvalue weighted by atomic mass is 15.3. The molecule has 0 aromatic heterocycles. The van der Waals surface area contributed by atoms with Crippen LogP contribution in [0.1, 0.15) is 52.4 Å². The first-order chi connectivity index (χ1) is 11.2. The van der Waals surface area contributed by atoms with Crippen LogP contribution in [0.15, 0.2) is 4.99 Å². The Morgan fingerprint density at radius 1 is 1.04 bits per heavy atom. The third kappa shape index (κ3) is 4.20. The summed E-state index contributed by atoms with van der Waals surface area (Å²) in [5, 5.41) is 3.70. The average molecular weight is 321 g/mol. The van der Waals surface area contributed by atoms with E-state index >= 15 is 0 Å². The Balaban J connectivity index is 1.48. The van der Waals surface area contributed by atoms with Crippen molar-refractivity contribution in [2.75, 3.05) is 39.8 Å². The van der Waals surface area contributed by atoms with Crippen molar-refractivity contribution < 1.29 is 0 Å². The number of nitrogens with zero attached hydrogens (tertiary/aromatic N) is 3. The third-order valence-electron chi connectivity index (χ3n) is 6.32. The summed E-state index contributed by atoms with van der Waals surface area (Å²) in [6.07, 6.45) is 8.45. The second-order valence-electron chi connectivity index (χ2n) is 8.23. The summed E-state index contributed by atoms with van der Waals surface area (Å²) in [7, 11) is 1.95. The number of likely N-dealkylation sites (tertiary alicyclic amines) is 2. The van der Waals surface area contributed by atoms with E-state index in [1.165, 1.54) is 64.7 Å². The van der Waals surface area contributed by atoms with E-state index in [0.29, 0.717) is 6.04 Å². The van der Waals surface area contributed by atoms with Gasteiger partial charge in [-0.05, 0) is 63.8 Å². The van der Waals surface area contributed by atoms with Crippen LogP contribution in [0, 0.1) is 17.8 Å². The van der Waals surface area contributed by atoms with Gasteiger partial charge in [0.1, 0.15) is 0 Å². The summed E-state index contributed by atoms with van der Waals surface area (Å²) in [6.45, 7) is 10.7. The van der Waals surface area contributed by atoms with E-state index in [4.69, 9.17) is 0 Å². The van der Waals surface area contributed by atoms with E-state index in [1.807, 2.05) is 7.05 Å². The molecule has 132 valence electrons. The molecule has 3 aliphatic rings. The maximum atomic E-state index is 4.58. The maximum Gasteiger partial charge on any atom is 0.193 e. The topological polar surface area (TPSA) is 30.9 Å². The molecule has 2 heterocycles. The van der Waals surface area contributed by atoms with Crippen LogP contribution >= 0.6 is 0 Å². The second-order valence-corrected chi connectivity index (χ2v) is 8.23. The lowest BCUT2D eigenvalue weighted by Gasteiger charge is -2.36. The molecule has 0 radical (unpaired) electrons. The minimum atomic E-state index is 0.679. The van der Waals surface area contributed by atoms with Crippen LogP contribution in [0.25, 0.3) is 0 Å². The largest absolute Gasteiger partial charge is 0.356 e. The summed E-state index contributed by atoms with van der Waals surface area (Å²) >= 11 is 0. The van der Waals surface area contributed by atoms with Crippen molar-refractivity contribution in [2.24, 2.45) is 22.7 Å². The predicted octanol–water partition coefficient (Wildman–Crippen LogP) is 2.80. The smallest absolute Gasteiger partial charge is 0.193 e. The van der Waals surface area contributed by atoms with Crippen LogP contribution < -0.4 is 5.32 Å². The van der Waals surface area contributed by atoms with E-state index in [1.54, 1.807) is 0 Å². The lowest BCUT2D eigenvalue weighted by atomic mass is 9.82. The molecule has 3 atom stereocenters. The zero-order chi connectivity index (χ0) is 16.2. The fraction of sp³-hybridized carbons (Fsp3) is 0.947. The molecule has 3 rings (SSSR count). The number of rotatable bonds is 3. The zero-order valence-electron chi connectivity index (χ0n) is 15.4. The van der Waals surface area contributed by atoms with Crippen molar-refractivity contribution in [3.63, 3.8) is 0 Å². The monoisotopic (exact) mass is 320 g/mol. The van der Waals surface area contributed by atoms with Gasteiger partial charge in [-0.15, -0.1) is 0 Å². The minimum absolute atomic E-state index is 0.679. The molecule has 3 fully saturated rings. The Morgan fingerprint density at radius 3 is 2.35 bits per heavy atom. The zero-order valence-corrected chi connectivity index (χ0v) is 15.4. The summed E-state index contributed by atoms with van der Waals surface area (Å²) in [4.78, 5) is 9.74. The molecule has 4 heteroatoms. The fourth-order valence-corrected chi connectivity index (χ4v) is 4.88. The fourth-order valence-electron chi connectivity index (χ4n) is 4.88. The van der Waals surface area contributed by atoms with Gasteiger partial charge in [0, 0.05) is 39.3 Å². The van der Waals surface area contributed by atoms with Crippen LogP contribution in [0.4, 0.5) is 0 Å². The Kier molecular flexibility index (Phi) is 5.84. The molecule has 1 saturated carbocycles. The van der Waals surface area contributed by atoms with E-state index < -0.39 is 0 Å². The first kappa shape index (κ1) is 17.1. The number of aliphatic imine (C=N–C) groups is 1. The van der Waals surface area contributed by atoms with Gasteiger partial charge in [0.2, 0.25) is 0 Å². The van der Waals surface area contributed by atoms with Gasteiger partial charge in [-0.2, -0.15) is 0 Å². The van der Waals surface area contributed by atoms with Gasteiger partial charge in [0.25, 0.3) is 0 Å². The predicted molar refractivity (Wildman–Crippen MR) is 97.8 cm³/mol. The molecule has 0 aromatic carbocycles. The van der Waals surface area contributed by atoms with E-state index in [9.17, 15) is 0 Å². The Bertz CT molecular complexity index is 392. The summed E-state index contributed by atoms with van der Waals surface area (Å²) < 4.78 is 0. The second kappa shape index (κ2) is 7.87. The Hall–Kier alpha value is -0.770. The van der Waals surface area contributed by atoms with Crippen LogP contribution in [-0.2, 0) is 0 Å². The number of hydrogen-bond donors (Lipinski definition) is 1. The molecular formula is C19H36N4. The molecule has 4 nitrogen and oxygen atoms in total. The number of hydrogen-bond acceptors (Lipinski definition) is 2. The molecule has 0 amide bonds. The van der Waals surface area contributed by atoms with Crippen molar-refractivity contribution in [2.45, 2.75) is 58.4 Å². The molecular weight excluding hydrogens is 284 g/mol. The van der Waals surface area contributed by atoms with Crippen LogP contribution in [0.2, 0.25) is 0 Å². The highest BCUT2D eigenvalue weighted by Crippen LogP contribution is 2.35. The van der Waals surface area contributed by atoms with Gasteiger partial charge >= 0.3 is 0 Å². The number of guanidine groups is 1. The van der Waals surface area contributed by atoms with Crippen LogP contribution in [0.3, 0.4) is 0 Å². The van der Waals surface area contributed by atoms with Crippen molar-refractivity contribution in [1.29, 1.82) is 0 Å². The maximum absolute atomic E-state index is 4.58. The molecule has 2 saturated heterocycles. The van der Waals surface area contributed by atoms with Crippen molar-refractivity contribution in [3.05, 3.63) is 0 Å². The number of fused-ring (bicyclic) bond motifs is 1. The Morgan fingerprint density at radius 2 is 1.74 bits per heavy atom. The summed E-state index contributed by atoms with van der Waals surface area (Å²) in [6, 6.07) is 0.679. The molecule has 0 spiro atoms. The van der Waals surface area contributed by atoms with E-state index in [0.717, 1.165) is 30.3 Å². The lowest BCUT2D eigenvalue weighted by molar-refractivity contribution is 0.140. The van der Waals surface area contributed by atoms with Crippen molar-refractivity contribution in [1.82, 2.24) is 15.1 Å². The summed E-state index contributed by atoms with van der Waals surface area (Å²) in [5.41, 5.74) is 0. The average Bonchev–Trinajstić information content (AvgIpc) is 2.99. The molecule has 3 unspecified atom stereocenters. The standard InChI is InChI=1S/C19H36N4/c1-15(2)22-10-6-7-16(12-22)11-21-19(20-3)23-13-17-8-4-5-9-18(17)14-23/h15-18H,4-14H2,1-3H3,(H,20,21). The first-order valence-corrected chi connectivity index (χ1v) is 9.87. The Labute approximate surface area is 142 Å². The number of nitrogens with one attached hydrogen (secondary N) is 1. The van der Waals surface area contributed by atoms with Crippen LogP contribution in [-0.4, -0.2) is 61.6 Å². The van der Waals surface area contributed by atoms with Gasteiger partial charge in [-0.3, -0.25) is 4.99 Å². The lowest BCUT2D eigenvalue weighted by Crippen LogP contribution is -2.46. The molecule has 0 aromatic rings.